The SMILES string of the molecule is O=C(c1cccnc1NCCCc1ccccn1)N1CCCC1. The summed E-state index contributed by atoms with van der Waals surface area (Å²) in [6, 6.07) is 9.63. The van der Waals surface area contributed by atoms with Gasteiger partial charge in [0.25, 0.3) is 5.91 Å². The van der Waals surface area contributed by atoms with Crippen LogP contribution in [-0.2, 0) is 6.42 Å². The number of amides is 1. The molecule has 0 spiro atoms. The van der Waals surface area contributed by atoms with Crippen LogP contribution in [0.15, 0.2) is 42.7 Å². The Hall–Kier alpha value is -2.43. The van der Waals surface area contributed by atoms with Crippen molar-refractivity contribution in [2.24, 2.45) is 0 Å². The summed E-state index contributed by atoms with van der Waals surface area (Å²) in [5, 5.41) is 3.30. The first-order valence-corrected chi connectivity index (χ1v) is 8.22. The fourth-order valence-corrected chi connectivity index (χ4v) is 2.83. The van der Waals surface area contributed by atoms with E-state index in [1.165, 1.54) is 0 Å². The minimum Gasteiger partial charge on any atom is -0.369 e. The van der Waals surface area contributed by atoms with Gasteiger partial charge in [-0.3, -0.25) is 9.78 Å². The van der Waals surface area contributed by atoms with Gasteiger partial charge in [-0.2, -0.15) is 0 Å². The third-order valence-electron chi connectivity index (χ3n) is 4.06. The van der Waals surface area contributed by atoms with Gasteiger partial charge in [-0.25, -0.2) is 4.98 Å². The number of aryl methyl sites for hydroxylation is 1. The van der Waals surface area contributed by atoms with Crippen molar-refractivity contribution in [3.05, 3.63) is 54.0 Å². The van der Waals surface area contributed by atoms with E-state index in [0.29, 0.717) is 11.4 Å². The van der Waals surface area contributed by atoms with Gasteiger partial charge in [-0.1, -0.05) is 6.07 Å². The first-order valence-electron chi connectivity index (χ1n) is 8.22. The van der Waals surface area contributed by atoms with Crippen LogP contribution in [-0.4, -0.2) is 40.4 Å². The van der Waals surface area contributed by atoms with E-state index in [2.05, 4.69) is 15.3 Å². The van der Waals surface area contributed by atoms with Gasteiger partial charge in [0.2, 0.25) is 0 Å². The summed E-state index contributed by atoms with van der Waals surface area (Å²) >= 11 is 0. The van der Waals surface area contributed by atoms with E-state index in [4.69, 9.17) is 0 Å². The molecule has 2 aromatic heterocycles. The lowest BCUT2D eigenvalue weighted by Gasteiger charge is -2.17. The molecule has 1 N–H and O–H groups in total. The summed E-state index contributed by atoms with van der Waals surface area (Å²) in [6.45, 7) is 2.48. The van der Waals surface area contributed by atoms with Gasteiger partial charge in [0.15, 0.2) is 0 Å². The Morgan fingerprint density at radius 2 is 1.91 bits per heavy atom. The quantitative estimate of drug-likeness (QED) is 0.834. The zero-order valence-corrected chi connectivity index (χ0v) is 13.2. The van der Waals surface area contributed by atoms with Crippen LogP contribution in [0.3, 0.4) is 0 Å². The molecule has 23 heavy (non-hydrogen) atoms. The molecule has 2 aromatic rings. The number of likely N-dealkylation sites (tertiary alicyclic amines) is 1. The molecule has 0 saturated carbocycles. The van der Waals surface area contributed by atoms with Crippen LogP contribution in [0.4, 0.5) is 5.82 Å². The highest BCUT2D eigenvalue weighted by Crippen LogP contribution is 2.18. The van der Waals surface area contributed by atoms with Gasteiger partial charge in [-0.15, -0.1) is 0 Å². The molecule has 1 fully saturated rings. The third-order valence-corrected chi connectivity index (χ3v) is 4.06. The average molecular weight is 310 g/mol. The monoisotopic (exact) mass is 310 g/mol. The van der Waals surface area contributed by atoms with E-state index >= 15 is 0 Å². The number of pyridine rings is 2. The van der Waals surface area contributed by atoms with E-state index in [1.807, 2.05) is 41.4 Å². The highest BCUT2D eigenvalue weighted by molar-refractivity contribution is 5.98. The lowest BCUT2D eigenvalue weighted by atomic mass is 10.2. The maximum atomic E-state index is 12.6. The molecule has 0 bridgehead atoms. The number of anilines is 1. The smallest absolute Gasteiger partial charge is 0.257 e. The van der Waals surface area contributed by atoms with Crippen molar-refractivity contribution in [3.63, 3.8) is 0 Å². The predicted molar refractivity (Wildman–Crippen MR) is 90.4 cm³/mol. The molecule has 3 heterocycles. The van der Waals surface area contributed by atoms with Crippen molar-refractivity contribution >= 4 is 11.7 Å². The van der Waals surface area contributed by atoms with Gasteiger partial charge in [0.1, 0.15) is 5.82 Å². The molecular formula is C18H22N4O. The maximum Gasteiger partial charge on any atom is 0.257 e. The number of rotatable bonds is 6. The third kappa shape index (κ3) is 4.06. The molecule has 5 nitrogen and oxygen atoms in total. The number of carbonyl (C=O) groups excluding carboxylic acids is 1. The molecule has 1 aliphatic rings. The summed E-state index contributed by atoms with van der Waals surface area (Å²) in [7, 11) is 0. The molecule has 120 valence electrons. The molecule has 1 saturated heterocycles. The summed E-state index contributed by atoms with van der Waals surface area (Å²) in [5.41, 5.74) is 1.76. The van der Waals surface area contributed by atoms with Crippen LogP contribution in [0.2, 0.25) is 0 Å². The predicted octanol–water partition coefficient (Wildman–Crippen LogP) is 2.76. The standard InChI is InChI=1S/C18H22N4O/c23-18(22-13-3-4-14-22)16-9-6-12-21-17(16)20-11-5-8-15-7-1-2-10-19-15/h1-2,6-7,9-10,12H,3-5,8,11,13-14H2,(H,20,21). The Kier molecular flexibility index (Phi) is 5.19. The number of carbonyl (C=O) groups is 1. The normalized spacial score (nSPS) is 14.0. The fourth-order valence-electron chi connectivity index (χ4n) is 2.83. The summed E-state index contributed by atoms with van der Waals surface area (Å²) in [4.78, 5) is 23.1. The topological polar surface area (TPSA) is 58.1 Å². The molecule has 0 aromatic carbocycles. The van der Waals surface area contributed by atoms with Gasteiger partial charge < -0.3 is 10.2 Å². The number of nitrogens with one attached hydrogen (secondary N) is 1. The zero-order chi connectivity index (χ0) is 15.9. The van der Waals surface area contributed by atoms with Crippen LogP contribution >= 0.6 is 0 Å². The van der Waals surface area contributed by atoms with Crippen molar-refractivity contribution in [2.75, 3.05) is 25.0 Å². The Labute approximate surface area is 136 Å². The molecule has 0 aliphatic carbocycles. The van der Waals surface area contributed by atoms with E-state index in [9.17, 15) is 4.79 Å². The van der Waals surface area contributed by atoms with Gasteiger partial charge in [-0.05, 0) is 49.9 Å². The second-order valence-corrected chi connectivity index (χ2v) is 5.75. The van der Waals surface area contributed by atoms with E-state index < -0.39 is 0 Å². The number of aromatic nitrogens is 2. The first-order chi connectivity index (χ1) is 11.3. The van der Waals surface area contributed by atoms with E-state index in [-0.39, 0.29) is 5.91 Å². The molecule has 5 heteroatoms. The summed E-state index contributed by atoms with van der Waals surface area (Å²) in [5.74, 6) is 0.772. The lowest BCUT2D eigenvalue weighted by molar-refractivity contribution is 0.0793. The Morgan fingerprint density at radius 3 is 2.70 bits per heavy atom. The van der Waals surface area contributed by atoms with Crippen LogP contribution in [0.25, 0.3) is 0 Å². The molecule has 0 radical (unpaired) electrons. The van der Waals surface area contributed by atoms with Crippen LogP contribution < -0.4 is 5.32 Å². The lowest BCUT2D eigenvalue weighted by Crippen LogP contribution is -2.28. The Morgan fingerprint density at radius 1 is 1.09 bits per heavy atom. The minimum atomic E-state index is 0.0860. The van der Waals surface area contributed by atoms with Crippen molar-refractivity contribution in [1.82, 2.24) is 14.9 Å². The van der Waals surface area contributed by atoms with E-state index in [0.717, 1.165) is 51.0 Å². The van der Waals surface area contributed by atoms with Gasteiger partial charge >= 0.3 is 0 Å². The van der Waals surface area contributed by atoms with Crippen LogP contribution in [0.5, 0.6) is 0 Å². The molecule has 3 rings (SSSR count). The van der Waals surface area contributed by atoms with Crippen LogP contribution in [0.1, 0.15) is 35.3 Å². The second kappa shape index (κ2) is 7.72. The molecule has 1 aliphatic heterocycles. The largest absolute Gasteiger partial charge is 0.369 e. The highest BCUT2D eigenvalue weighted by atomic mass is 16.2. The maximum absolute atomic E-state index is 12.6. The van der Waals surface area contributed by atoms with Crippen molar-refractivity contribution < 1.29 is 4.79 Å². The van der Waals surface area contributed by atoms with Crippen molar-refractivity contribution in [1.29, 1.82) is 0 Å². The minimum absolute atomic E-state index is 0.0860. The van der Waals surface area contributed by atoms with Crippen molar-refractivity contribution in [2.45, 2.75) is 25.7 Å². The highest BCUT2D eigenvalue weighted by Gasteiger charge is 2.22. The van der Waals surface area contributed by atoms with E-state index in [1.54, 1.807) is 6.20 Å². The zero-order valence-electron chi connectivity index (χ0n) is 13.2. The molecule has 0 atom stereocenters. The second-order valence-electron chi connectivity index (χ2n) is 5.75. The van der Waals surface area contributed by atoms with Gasteiger partial charge in [0, 0.05) is 37.7 Å². The molecular weight excluding hydrogens is 288 g/mol. The molecule has 1 amide bonds. The Bertz CT molecular complexity index is 638. The Balaban J connectivity index is 1.56. The number of nitrogens with zero attached hydrogens (tertiary/aromatic N) is 3. The molecule has 0 unspecified atom stereocenters. The summed E-state index contributed by atoms with van der Waals surface area (Å²) in [6.07, 6.45) is 7.59. The summed E-state index contributed by atoms with van der Waals surface area (Å²) < 4.78 is 0. The van der Waals surface area contributed by atoms with Crippen LogP contribution in [0, 0.1) is 0 Å². The number of hydrogen-bond acceptors (Lipinski definition) is 4. The fraction of sp³-hybridized carbons (Fsp3) is 0.389. The first kappa shape index (κ1) is 15.5. The average Bonchev–Trinajstić information content (AvgIpc) is 3.14. The number of hydrogen-bond donors (Lipinski definition) is 1. The van der Waals surface area contributed by atoms with Crippen molar-refractivity contribution in [3.8, 4) is 0 Å². The van der Waals surface area contributed by atoms with Gasteiger partial charge in [0.05, 0.1) is 5.56 Å².